The summed E-state index contributed by atoms with van der Waals surface area (Å²) in [5.41, 5.74) is 0.792. The van der Waals surface area contributed by atoms with Crippen LogP contribution in [0.2, 0.25) is 0 Å². The summed E-state index contributed by atoms with van der Waals surface area (Å²) in [6, 6.07) is 4.34. The zero-order valence-corrected chi connectivity index (χ0v) is 11.0. The highest BCUT2D eigenvalue weighted by Gasteiger charge is 2.26. The van der Waals surface area contributed by atoms with E-state index in [1.165, 1.54) is 12.1 Å². The maximum absolute atomic E-state index is 11.1. The number of halogens is 1. The molecule has 0 fully saturated rings. The number of hydrogen-bond acceptors (Lipinski definition) is 4. The molecule has 0 radical (unpaired) electrons. The van der Waals surface area contributed by atoms with Crippen molar-refractivity contribution >= 4 is 28.1 Å². The Hall–Kier alpha value is -2.27. The molecule has 1 aliphatic carbocycles. The molecule has 0 atom stereocenters. The molecule has 0 heterocycles. The van der Waals surface area contributed by atoms with Gasteiger partial charge in [-0.3, -0.25) is 10.1 Å². The zero-order chi connectivity index (χ0) is 14.4. The Bertz CT molecular complexity index is 783. The molecule has 0 amide bonds. The summed E-state index contributed by atoms with van der Waals surface area (Å²) in [5.74, 6) is -0.205. The van der Waals surface area contributed by atoms with Gasteiger partial charge in [-0.15, -0.1) is 0 Å². The van der Waals surface area contributed by atoms with Crippen LogP contribution in [0.25, 0.3) is 10.8 Å². The Labute approximate surface area is 118 Å². The molecule has 2 N–H and O–H groups in total. The Kier molecular flexibility index (Phi) is 2.79. The predicted octanol–water partition coefficient (Wildman–Crippen LogP) is 3.38. The van der Waals surface area contributed by atoms with Gasteiger partial charge in [0, 0.05) is 34.0 Å². The number of fused-ring (bicyclic) bond motifs is 2. The topological polar surface area (TPSA) is 83.6 Å². The SMILES string of the molecule is O=[N+]([O-])c1cccc2c(O)c3c(c(O)c12)CC(Cl)=CC3. The van der Waals surface area contributed by atoms with Crippen molar-refractivity contribution in [3.05, 3.63) is 50.5 Å². The first-order valence-electron chi connectivity index (χ1n) is 5.98. The average Bonchev–Trinajstić information content (AvgIpc) is 2.43. The van der Waals surface area contributed by atoms with Crippen LogP contribution >= 0.6 is 11.6 Å². The summed E-state index contributed by atoms with van der Waals surface area (Å²) in [6.45, 7) is 0. The number of phenolic OH excluding ortho intramolecular Hbond substituents is 2. The largest absolute Gasteiger partial charge is 0.507 e. The maximum atomic E-state index is 11.1. The minimum absolute atomic E-state index is 0.0306. The van der Waals surface area contributed by atoms with Crippen molar-refractivity contribution in [1.29, 1.82) is 0 Å². The number of nitrogens with zero attached hydrogens (tertiary/aromatic N) is 1. The first-order chi connectivity index (χ1) is 9.50. The molecule has 0 saturated heterocycles. The van der Waals surface area contributed by atoms with Crippen LogP contribution in [0.1, 0.15) is 11.1 Å². The van der Waals surface area contributed by atoms with Crippen LogP contribution in [0.5, 0.6) is 11.5 Å². The molecule has 0 unspecified atom stereocenters. The number of rotatable bonds is 1. The molecule has 0 spiro atoms. The number of benzene rings is 2. The second-order valence-corrected chi connectivity index (χ2v) is 5.13. The monoisotopic (exact) mass is 291 g/mol. The zero-order valence-electron chi connectivity index (χ0n) is 10.3. The summed E-state index contributed by atoms with van der Waals surface area (Å²) in [6.07, 6.45) is 2.41. The molecule has 3 rings (SSSR count). The summed E-state index contributed by atoms with van der Waals surface area (Å²) >= 11 is 5.96. The normalized spacial score (nSPS) is 13.9. The third kappa shape index (κ3) is 1.71. The molecule has 0 aliphatic heterocycles. The van der Waals surface area contributed by atoms with Gasteiger partial charge in [0.2, 0.25) is 0 Å². The van der Waals surface area contributed by atoms with E-state index in [0.717, 1.165) is 0 Å². The van der Waals surface area contributed by atoms with Crippen LogP contribution in [-0.2, 0) is 12.8 Å². The van der Waals surface area contributed by atoms with Crippen LogP contribution in [0, 0.1) is 10.1 Å². The summed E-state index contributed by atoms with van der Waals surface area (Å²) in [7, 11) is 0. The smallest absolute Gasteiger partial charge is 0.281 e. The van der Waals surface area contributed by atoms with Crippen molar-refractivity contribution in [3.8, 4) is 11.5 Å². The van der Waals surface area contributed by atoms with Gasteiger partial charge in [-0.05, 0) is 6.42 Å². The van der Waals surface area contributed by atoms with E-state index in [1.807, 2.05) is 0 Å². The molecule has 20 heavy (non-hydrogen) atoms. The van der Waals surface area contributed by atoms with E-state index < -0.39 is 4.92 Å². The van der Waals surface area contributed by atoms with Gasteiger partial charge in [0.1, 0.15) is 16.9 Å². The van der Waals surface area contributed by atoms with Gasteiger partial charge in [0.25, 0.3) is 5.69 Å². The summed E-state index contributed by atoms with van der Waals surface area (Å²) < 4.78 is 0. The second-order valence-electron chi connectivity index (χ2n) is 4.64. The first-order valence-corrected chi connectivity index (χ1v) is 6.35. The second kappa shape index (κ2) is 4.38. The minimum atomic E-state index is -0.575. The van der Waals surface area contributed by atoms with E-state index in [-0.39, 0.29) is 34.4 Å². The van der Waals surface area contributed by atoms with Crippen molar-refractivity contribution in [2.24, 2.45) is 0 Å². The number of phenols is 2. The lowest BCUT2D eigenvalue weighted by Gasteiger charge is -2.19. The van der Waals surface area contributed by atoms with E-state index in [4.69, 9.17) is 11.6 Å². The lowest BCUT2D eigenvalue weighted by Crippen LogP contribution is -2.03. The van der Waals surface area contributed by atoms with E-state index in [0.29, 0.717) is 22.6 Å². The fraction of sp³-hybridized carbons (Fsp3) is 0.143. The van der Waals surface area contributed by atoms with Gasteiger partial charge >= 0.3 is 0 Å². The molecule has 0 saturated carbocycles. The molecular formula is C14H10ClNO4. The van der Waals surface area contributed by atoms with Gasteiger partial charge in [-0.2, -0.15) is 0 Å². The lowest BCUT2D eigenvalue weighted by molar-refractivity contribution is -0.383. The lowest BCUT2D eigenvalue weighted by atomic mass is 9.90. The molecule has 2 aromatic carbocycles. The number of nitro groups is 1. The number of allylic oxidation sites excluding steroid dienone is 2. The Morgan fingerprint density at radius 3 is 2.65 bits per heavy atom. The maximum Gasteiger partial charge on any atom is 0.281 e. The highest BCUT2D eigenvalue weighted by atomic mass is 35.5. The fourth-order valence-corrected chi connectivity index (χ4v) is 2.81. The molecule has 1 aliphatic rings. The minimum Gasteiger partial charge on any atom is -0.507 e. The molecule has 102 valence electrons. The number of nitro benzene ring substituents is 1. The first kappa shape index (κ1) is 12.7. The van der Waals surface area contributed by atoms with E-state index in [9.17, 15) is 20.3 Å². The van der Waals surface area contributed by atoms with Gasteiger partial charge < -0.3 is 10.2 Å². The predicted molar refractivity (Wildman–Crippen MR) is 75.3 cm³/mol. The van der Waals surface area contributed by atoms with Crippen LogP contribution in [0.4, 0.5) is 5.69 Å². The van der Waals surface area contributed by atoms with Crippen molar-refractivity contribution in [2.75, 3.05) is 0 Å². The van der Waals surface area contributed by atoms with Crippen LogP contribution in [-0.4, -0.2) is 15.1 Å². The van der Waals surface area contributed by atoms with E-state index >= 15 is 0 Å². The summed E-state index contributed by atoms with van der Waals surface area (Å²) in [4.78, 5) is 10.5. The average molecular weight is 292 g/mol. The van der Waals surface area contributed by atoms with Crippen molar-refractivity contribution in [1.82, 2.24) is 0 Å². The standard InChI is InChI=1S/C14H10ClNO4/c15-7-4-5-8-10(6-7)14(18)12-9(13(8)17)2-1-3-11(12)16(19)20/h1-4,17-18H,5-6H2. The quantitative estimate of drug-likeness (QED) is 0.479. The van der Waals surface area contributed by atoms with Crippen molar-refractivity contribution in [2.45, 2.75) is 12.8 Å². The van der Waals surface area contributed by atoms with Crippen LogP contribution in [0.15, 0.2) is 29.3 Å². The van der Waals surface area contributed by atoms with Crippen LogP contribution < -0.4 is 0 Å². The Morgan fingerprint density at radius 2 is 1.95 bits per heavy atom. The van der Waals surface area contributed by atoms with Gasteiger partial charge in [0.15, 0.2) is 0 Å². The van der Waals surface area contributed by atoms with Crippen LogP contribution in [0.3, 0.4) is 0 Å². The summed E-state index contributed by atoms with van der Waals surface area (Å²) in [5, 5.41) is 32.6. The van der Waals surface area contributed by atoms with Crippen molar-refractivity contribution < 1.29 is 15.1 Å². The fourth-order valence-electron chi connectivity index (χ4n) is 2.60. The Balaban J connectivity index is 2.45. The molecule has 5 nitrogen and oxygen atoms in total. The van der Waals surface area contributed by atoms with Gasteiger partial charge in [-0.1, -0.05) is 29.8 Å². The number of hydrogen-bond donors (Lipinski definition) is 2. The molecule has 0 aromatic heterocycles. The van der Waals surface area contributed by atoms with Crippen molar-refractivity contribution in [3.63, 3.8) is 0 Å². The van der Waals surface area contributed by atoms with E-state index in [2.05, 4.69) is 0 Å². The Morgan fingerprint density at radius 1 is 1.20 bits per heavy atom. The number of aromatic hydroxyl groups is 2. The molecule has 2 aromatic rings. The third-order valence-corrected chi connectivity index (χ3v) is 3.83. The highest BCUT2D eigenvalue weighted by Crippen LogP contribution is 2.46. The van der Waals surface area contributed by atoms with Gasteiger partial charge in [0.05, 0.1) is 4.92 Å². The molecule has 6 heteroatoms. The van der Waals surface area contributed by atoms with Gasteiger partial charge in [-0.25, -0.2) is 0 Å². The molecule has 0 bridgehead atoms. The van der Waals surface area contributed by atoms with E-state index in [1.54, 1.807) is 12.1 Å². The highest BCUT2D eigenvalue weighted by molar-refractivity contribution is 6.30. The molecular weight excluding hydrogens is 282 g/mol. The number of non-ortho nitro benzene ring substituents is 1. The third-order valence-electron chi connectivity index (χ3n) is 3.54.